The first-order valence-electron chi connectivity index (χ1n) is 5.34. The third kappa shape index (κ3) is 3.59. The van der Waals surface area contributed by atoms with E-state index in [0.29, 0.717) is 12.5 Å². The van der Waals surface area contributed by atoms with Crippen LogP contribution in [0, 0.1) is 5.92 Å². The maximum atomic E-state index is 10.8. The molecule has 2 atom stereocenters. The molecule has 1 rings (SSSR count). The fourth-order valence-corrected chi connectivity index (χ4v) is 2.46. The Kier molecular flexibility index (Phi) is 4.92. The summed E-state index contributed by atoms with van der Waals surface area (Å²) in [6, 6.07) is 3.70. The number of rotatable bonds is 6. The van der Waals surface area contributed by atoms with E-state index in [9.17, 15) is 4.79 Å². The van der Waals surface area contributed by atoms with Gasteiger partial charge >= 0.3 is 0 Å². The predicted molar refractivity (Wildman–Crippen MR) is 67.1 cm³/mol. The summed E-state index contributed by atoms with van der Waals surface area (Å²) in [4.78, 5) is 12.1. The second-order valence-electron chi connectivity index (χ2n) is 4.15. The highest BCUT2D eigenvalue weighted by Crippen LogP contribution is 2.25. The molecule has 0 fully saturated rings. The zero-order chi connectivity index (χ0) is 12.1. The van der Waals surface area contributed by atoms with Crippen molar-refractivity contribution in [3.05, 3.63) is 22.4 Å². The number of carbonyl (C=O) groups is 1. The minimum atomic E-state index is -0.624. The van der Waals surface area contributed by atoms with Crippen molar-refractivity contribution in [3.63, 3.8) is 0 Å². The molecule has 1 heterocycles. The molecule has 0 saturated carbocycles. The molecule has 0 bridgehead atoms. The van der Waals surface area contributed by atoms with Crippen molar-refractivity contribution in [1.82, 2.24) is 5.32 Å². The molecule has 0 saturated heterocycles. The summed E-state index contributed by atoms with van der Waals surface area (Å²) in [7, 11) is 0. The van der Waals surface area contributed by atoms with E-state index in [1.54, 1.807) is 11.3 Å². The van der Waals surface area contributed by atoms with E-state index in [0.717, 1.165) is 0 Å². The van der Waals surface area contributed by atoms with Gasteiger partial charge < -0.3 is 16.8 Å². The van der Waals surface area contributed by atoms with Crippen LogP contribution in [0.25, 0.3) is 0 Å². The van der Waals surface area contributed by atoms with E-state index in [1.807, 2.05) is 11.4 Å². The fourth-order valence-electron chi connectivity index (χ4n) is 1.49. The molecule has 5 heteroatoms. The first-order chi connectivity index (χ1) is 7.52. The van der Waals surface area contributed by atoms with Gasteiger partial charge in [0.1, 0.15) is 0 Å². The van der Waals surface area contributed by atoms with Gasteiger partial charge in [-0.2, -0.15) is 0 Å². The second kappa shape index (κ2) is 5.98. The fraction of sp³-hybridized carbons (Fsp3) is 0.545. The lowest BCUT2D eigenvalue weighted by Crippen LogP contribution is -2.45. The number of amides is 1. The molecule has 0 radical (unpaired) electrons. The van der Waals surface area contributed by atoms with Gasteiger partial charge in [0, 0.05) is 17.5 Å². The first kappa shape index (κ1) is 13.2. The standard InChI is InChI=1S/C11H19N3OS/c1-7(2)10(9-4-3-5-16-9)14-6-8(12)11(13)15/h3-5,7-8,10,14H,6,12H2,1-2H3,(H2,13,15). The van der Waals surface area contributed by atoms with Gasteiger partial charge in [0.2, 0.25) is 5.91 Å². The summed E-state index contributed by atoms with van der Waals surface area (Å²) in [6.45, 7) is 4.68. The minimum Gasteiger partial charge on any atom is -0.368 e. The SMILES string of the molecule is CC(C)C(NCC(N)C(N)=O)c1cccs1. The molecule has 2 unspecified atom stereocenters. The molecule has 4 nitrogen and oxygen atoms in total. The largest absolute Gasteiger partial charge is 0.368 e. The van der Waals surface area contributed by atoms with Gasteiger partial charge in [0.15, 0.2) is 0 Å². The van der Waals surface area contributed by atoms with E-state index in [2.05, 4.69) is 25.2 Å². The van der Waals surface area contributed by atoms with E-state index in [1.165, 1.54) is 4.88 Å². The smallest absolute Gasteiger partial charge is 0.235 e. The van der Waals surface area contributed by atoms with Crippen molar-refractivity contribution in [2.24, 2.45) is 17.4 Å². The average Bonchev–Trinajstić information content (AvgIpc) is 2.70. The van der Waals surface area contributed by atoms with Crippen molar-refractivity contribution in [1.29, 1.82) is 0 Å². The number of hydrogen-bond donors (Lipinski definition) is 3. The van der Waals surface area contributed by atoms with Gasteiger partial charge in [0.05, 0.1) is 6.04 Å². The number of carbonyl (C=O) groups excluding carboxylic acids is 1. The topological polar surface area (TPSA) is 81.1 Å². The van der Waals surface area contributed by atoms with Crippen LogP contribution in [-0.4, -0.2) is 18.5 Å². The number of hydrogen-bond acceptors (Lipinski definition) is 4. The molecule has 1 aromatic heterocycles. The summed E-state index contributed by atoms with van der Waals surface area (Å²) in [6.07, 6.45) is 0. The highest BCUT2D eigenvalue weighted by atomic mass is 32.1. The Labute approximate surface area is 100 Å². The summed E-state index contributed by atoms with van der Waals surface area (Å²) >= 11 is 1.70. The van der Waals surface area contributed by atoms with E-state index < -0.39 is 11.9 Å². The Morgan fingerprint density at radius 3 is 2.69 bits per heavy atom. The van der Waals surface area contributed by atoms with Crippen LogP contribution in [0.3, 0.4) is 0 Å². The molecule has 1 amide bonds. The van der Waals surface area contributed by atoms with Gasteiger partial charge in [-0.1, -0.05) is 19.9 Å². The Morgan fingerprint density at radius 1 is 1.56 bits per heavy atom. The van der Waals surface area contributed by atoms with Crippen LogP contribution in [0.2, 0.25) is 0 Å². The monoisotopic (exact) mass is 241 g/mol. The molecule has 16 heavy (non-hydrogen) atoms. The van der Waals surface area contributed by atoms with Gasteiger partial charge in [-0.3, -0.25) is 4.79 Å². The number of primary amides is 1. The molecule has 0 aliphatic heterocycles. The molecule has 0 aromatic carbocycles. The molecule has 1 aromatic rings. The predicted octanol–water partition coefficient (Wildman–Crippen LogP) is 0.847. The van der Waals surface area contributed by atoms with Crippen LogP contribution in [0.1, 0.15) is 24.8 Å². The minimum absolute atomic E-state index is 0.227. The summed E-state index contributed by atoms with van der Waals surface area (Å²) in [5, 5.41) is 5.33. The molecule has 90 valence electrons. The van der Waals surface area contributed by atoms with Crippen molar-refractivity contribution in [2.45, 2.75) is 25.9 Å². The quantitative estimate of drug-likeness (QED) is 0.690. The maximum Gasteiger partial charge on any atom is 0.235 e. The van der Waals surface area contributed by atoms with E-state index in [-0.39, 0.29) is 6.04 Å². The van der Waals surface area contributed by atoms with Gasteiger partial charge in [-0.25, -0.2) is 0 Å². The maximum absolute atomic E-state index is 10.8. The van der Waals surface area contributed by atoms with Crippen molar-refractivity contribution < 1.29 is 4.79 Å². The third-order valence-electron chi connectivity index (χ3n) is 2.44. The molecular formula is C11H19N3OS. The lowest BCUT2D eigenvalue weighted by atomic mass is 10.0. The summed E-state index contributed by atoms with van der Waals surface area (Å²) in [5.41, 5.74) is 10.7. The van der Waals surface area contributed by atoms with Crippen molar-refractivity contribution >= 4 is 17.2 Å². The van der Waals surface area contributed by atoms with Crippen LogP contribution in [-0.2, 0) is 4.79 Å². The molecular weight excluding hydrogens is 222 g/mol. The van der Waals surface area contributed by atoms with E-state index in [4.69, 9.17) is 11.5 Å². The Balaban J connectivity index is 2.57. The van der Waals surface area contributed by atoms with E-state index >= 15 is 0 Å². The van der Waals surface area contributed by atoms with Crippen LogP contribution in [0.15, 0.2) is 17.5 Å². The zero-order valence-electron chi connectivity index (χ0n) is 9.64. The Morgan fingerprint density at radius 2 is 2.25 bits per heavy atom. The molecule has 5 N–H and O–H groups in total. The number of nitrogens with two attached hydrogens (primary N) is 2. The van der Waals surface area contributed by atoms with Crippen LogP contribution >= 0.6 is 11.3 Å². The van der Waals surface area contributed by atoms with Gasteiger partial charge in [-0.15, -0.1) is 11.3 Å². The first-order valence-corrected chi connectivity index (χ1v) is 6.22. The lowest BCUT2D eigenvalue weighted by molar-refractivity contribution is -0.119. The Bertz CT molecular complexity index is 324. The average molecular weight is 241 g/mol. The van der Waals surface area contributed by atoms with Gasteiger partial charge in [0.25, 0.3) is 0 Å². The molecule has 0 aliphatic carbocycles. The van der Waals surface area contributed by atoms with Crippen LogP contribution in [0.5, 0.6) is 0 Å². The molecule has 0 spiro atoms. The third-order valence-corrected chi connectivity index (χ3v) is 3.39. The van der Waals surface area contributed by atoms with Crippen molar-refractivity contribution in [3.8, 4) is 0 Å². The van der Waals surface area contributed by atoms with Crippen LogP contribution < -0.4 is 16.8 Å². The second-order valence-corrected chi connectivity index (χ2v) is 5.13. The normalized spacial score (nSPS) is 15.0. The number of nitrogens with one attached hydrogen (secondary N) is 1. The highest BCUT2D eigenvalue weighted by Gasteiger charge is 2.18. The summed E-state index contributed by atoms with van der Waals surface area (Å²) in [5.74, 6) is -0.0279. The summed E-state index contributed by atoms with van der Waals surface area (Å²) < 4.78 is 0. The zero-order valence-corrected chi connectivity index (χ0v) is 10.5. The molecule has 0 aliphatic rings. The highest BCUT2D eigenvalue weighted by molar-refractivity contribution is 7.10. The van der Waals surface area contributed by atoms with Gasteiger partial charge in [-0.05, 0) is 17.4 Å². The van der Waals surface area contributed by atoms with Crippen LogP contribution in [0.4, 0.5) is 0 Å². The van der Waals surface area contributed by atoms with Crippen molar-refractivity contribution in [2.75, 3.05) is 6.54 Å². The number of thiophene rings is 1. The lowest BCUT2D eigenvalue weighted by Gasteiger charge is -2.22. The Hall–Kier alpha value is -0.910.